The topological polar surface area (TPSA) is 54.9 Å². The van der Waals surface area contributed by atoms with Crippen molar-refractivity contribution in [1.82, 2.24) is 9.97 Å². The number of carbonyl (C=O) groups excluding carboxylic acids is 1. The molecule has 0 bridgehead atoms. The van der Waals surface area contributed by atoms with E-state index in [9.17, 15) is 4.79 Å². The molecule has 0 radical (unpaired) electrons. The maximum Gasteiger partial charge on any atom is 0.224 e. The number of amides is 1. The number of fused-ring (bicyclic) bond motifs is 1. The van der Waals surface area contributed by atoms with Crippen LogP contribution in [0.5, 0.6) is 0 Å². The van der Waals surface area contributed by atoms with E-state index in [1.54, 1.807) is 17.5 Å². The number of nitrogens with one attached hydrogen (secondary N) is 1. The van der Waals surface area contributed by atoms with Gasteiger partial charge >= 0.3 is 0 Å². The lowest BCUT2D eigenvalue weighted by atomic mass is 10.1. The summed E-state index contributed by atoms with van der Waals surface area (Å²) in [6.07, 6.45) is 2.29. The number of thiazole rings is 1. The summed E-state index contributed by atoms with van der Waals surface area (Å²) in [6, 6.07) is 11.6. The monoisotopic (exact) mass is 311 g/mol. The van der Waals surface area contributed by atoms with Crippen molar-refractivity contribution in [3.63, 3.8) is 0 Å². The summed E-state index contributed by atoms with van der Waals surface area (Å²) in [5.74, 6) is 0.386. The Hall–Kier alpha value is -2.27. The van der Waals surface area contributed by atoms with Crippen molar-refractivity contribution >= 4 is 33.3 Å². The summed E-state index contributed by atoms with van der Waals surface area (Å²) in [5.41, 5.74) is 2.69. The molecular weight excluding hydrogens is 294 g/mol. The number of pyridine rings is 1. The standard InChI is InChI=1S/C17H17N3OS/c1-11(2)9-15(21)19-13-6-3-5-12(10-13)16-20-14-7-4-8-18-17(14)22-16/h3-8,10-11H,9H2,1-2H3,(H,19,21). The Morgan fingerprint density at radius 1 is 1.27 bits per heavy atom. The zero-order chi connectivity index (χ0) is 15.5. The van der Waals surface area contributed by atoms with Crippen LogP contribution in [-0.4, -0.2) is 15.9 Å². The van der Waals surface area contributed by atoms with Gasteiger partial charge < -0.3 is 5.32 Å². The molecule has 0 atom stereocenters. The first-order chi connectivity index (χ1) is 10.6. The van der Waals surface area contributed by atoms with E-state index in [0.717, 1.165) is 26.6 Å². The maximum atomic E-state index is 11.9. The van der Waals surface area contributed by atoms with Crippen LogP contribution in [-0.2, 0) is 4.79 Å². The maximum absolute atomic E-state index is 11.9. The van der Waals surface area contributed by atoms with E-state index in [1.165, 1.54) is 0 Å². The fraction of sp³-hybridized carbons (Fsp3) is 0.235. The van der Waals surface area contributed by atoms with Crippen molar-refractivity contribution in [2.45, 2.75) is 20.3 Å². The minimum Gasteiger partial charge on any atom is -0.326 e. The Bertz CT molecular complexity index is 777. The summed E-state index contributed by atoms with van der Waals surface area (Å²) in [6.45, 7) is 4.06. The van der Waals surface area contributed by atoms with Crippen molar-refractivity contribution in [2.24, 2.45) is 5.92 Å². The first-order valence-electron chi connectivity index (χ1n) is 7.23. The average molecular weight is 311 g/mol. The van der Waals surface area contributed by atoms with Crippen LogP contribution >= 0.6 is 11.3 Å². The van der Waals surface area contributed by atoms with Gasteiger partial charge in [-0.3, -0.25) is 4.79 Å². The predicted molar refractivity (Wildman–Crippen MR) is 90.9 cm³/mol. The number of hydrogen-bond acceptors (Lipinski definition) is 4. The number of nitrogens with zero attached hydrogens (tertiary/aromatic N) is 2. The molecule has 22 heavy (non-hydrogen) atoms. The van der Waals surface area contributed by atoms with Gasteiger partial charge in [-0.15, -0.1) is 0 Å². The van der Waals surface area contributed by atoms with Crippen molar-refractivity contribution in [3.8, 4) is 10.6 Å². The van der Waals surface area contributed by atoms with Gasteiger partial charge in [0.15, 0.2) is 0 Å². The average Bonchev–Trinajstić information content (AvgIpc) is 2.90. The van der Waals surface area contributed by atoms with E-state index < -0.39 is 0 Å². The van der Waals surface area contributed by atoms with Gasteiger partial charge in [0.2, 0.25) is 5.91 Å². The predicted octanol–water partition coefficient (Wildman–Crippen LogP) is 4.34. The second kappa shape index (κ2) is 6.23. The second-order valence-corrected chi connectivity index (χ2v) is 6.55. The zero-order valence-electron chi connectivity index (χ0n) is 12.5. The minimum atomic E-state index is 0.0399. The van der Waals surface area contributed by atoms with Crippen LogP contribution in [0.25, 0.3) is 20.9 Å². The molecule has 0 aliphatic heterocycles. The van der Waals surface area contributed by atoms with Gasteiger partial charge in [-0.2, -0.15) is 0 Å². The first-order valence-corrected chi connectivity index (χ1v) is 8.05. The molecule has 1 N–H and O–H groups in total. The molecule has 0 fully saturated rings. The van der Waals surface area contributed by atoms with Gasteiger partial charge in [0.05, 0.1) is 0 Å². The fourth-order valence-corrected chi connectivity index (χ4v) is 3.11. The highest BCUT2D eigenvalue weighted by molar-refractivity contribution is 7.21. The van der Waals surface area contributed by atoms with E-state index in [4.69, 9.17) is 0 Å². The molecule has 0 aliphatic carbocycles. The molecule has 2 aromatic heterocycles. The highest BCUT2D eigenvalue weighted by Crippen LogP contribution is 2.30. The highest BCUT2D eigenvalue weighted by Gasteiger charge is 2.09. The summed E-state index contributed by atoms with van der Waals surface area (Å²) in [5, 5.41) is 3.85. The molecule has 2 heterocycles. The molecule has 1 aromatic carbocycles. The van der Waals surface area contributed by atoms with Crippen LogP contribution in [0.1, 0.15) is 20.3 Å². The lowest BCUT2D eigenvalue weighted by molar-refractivity contribution is -0.116. The summed E-state index contributed by atoms with van der Waals surface area (Å²) >= 11 is 1.55. The first kappa shape index (κ1) is 14.7. The Morgan fingerprint density at radius 3 is 2.91 bits per heavy atom. The van der Waals surface area contributed by atoms with Crippen LogP contribution < -0.4 is 5.32 Å². The fourth-order valence-electron chi connectivity index (χ4n) is 2.21. The van der Waals surface area contributed by atoms with Gasteiger partial charge in [0.25, 0.3) is 0 Å². The van der Waals surface area contributed by atoms with Gasteiger partial charge in [0, 0.05) is 23.9 Å². The van der Waals surface area contributed by atoms with Crippen molar-refractivity contribution in [1.29, 1.82) is 0 Å². The number of carbonyl (C=O) groups is 1. The molecule has 5 heteroatoms. The van der Waals surface area contributed by atoms with Crippen molar-refractivity contribution < 1.29 is 4.79 Å². The minimum absolute atomic E-state index is 0.0399. The third kappa shape index (κ3) is 3.31. The Labute approximate surface area is 133 Å². The lowest BCUT2D eigenvalue weighted by Gasteiger charge is -2.08. The van der Waals surface area contributed by atoms with Gasteiger partial charge in [-0.05, 0) is 30.2 Å². The summed E-state index contributed by atoms with van der Waals surface area (Å²) < 4.78 is 0. The summed E-state index contributed by atoms with van der Waals surface area (Å²) in [4.78, 5) is 21.7. The van der Waals surface area contributed by atoms with Crippen LogP contribution in [0.15, 0.2) is 42.6 Å². The van der Waals surface area contributed by atoms with Crippen LogP contribution in [0.4, 0.5) is 5.69 Å². The normalized spacial score (nSPS) is 11.0. The van der Waals surface area contributed by atoms with Crippen LogP contribution in [0, 0.1) is 5.92 Å². The van der Waals surface area contributed by atoms with Crippen LogP contribution in [0.3, 0.4) is 0 Å². The smallest absolute Gasteiger partial charge is 0.224 e. The lowest BCUT2D eigenvalue weighted by Crippen LogP contribution is -2.13. The number of rotatable bonds is 4. The molecule has 0 saturated carbocycles. The SMILES string of the molecule is CC(C)CC(=O)Nc1cccc(-c2nc3cccnc3s2)c1. The third-order valence-corrected chi connectivity index (χ3v) is 4.18. The van der Waals surface area contributed by atoms with Gasteiger partial charge in [-0.1, -0.05) is 37.3 Å². The highest BCUT2D eigenvalue weighted by atomic mass is 32.1. The second-order valence-electron chi connectivity index (χ2n) is 5.57. The Morgan fingerprint density at radius 2 is 2.14 bits per heavy atom. The third-order valence-electron chi connectivity index (χ3n) is 3.15. The molecule has 0 spiro atoms. The van der Waals surface area contributed by atoms with E-state index in [-0.39, 0.29) is 5.91 Å². The Balaban J connectivity index is 1.85. The van der Waals surface area contributed by atoms with Crippen LogP contribution in [0.2, 0.25) is 0 Å². The van der Waals surface area contributed by atoms with Crippen molar-refractivity contribution in [3.05, 3.63) is 42.6 Å². The molecule has 4 nitrogen and oxygen atoms in total. The Kier molecular flexibility index (Phi) is 4.15. The molecule has 3 rings (SSSR count). The number of aromatic nitrogens is 2. The molecule has 1 amide bonds. The molecule has 112 valence electrons. The zero-order valence-corrected chi connectivity index (χ0v) is 13.4. The van der Waals surface area contributed by atoms with Gasteiger partial charge in [0.1, 0.15) is 15.4 Å². The molecule has 0 saturated heterocycles. The molecular formula is C17H17N3OS. The number of hydrogen-bond donors (Lipinski definition) is 1. The van der Waals surface area contributed by atoms with Gasteiger partial charge in [-0.25, -0.2) is 9.97 Å². The quantitative estimate of drug-likeness (QED) is 0.779. The van der Waals surface area contributed by atoms with E-state index in [1.807, 2.05) is 50.2 Å². The molecule has 0 aliphatic rings. The van der Waals surface area contributed by atoms with Crippen molar-refractivity contribution in [2.75, 3.05) is 5.32 Å². The number of anilines is 1. The van der Waals surface area contributed by atoms with E-state index in [2.05, 4.69) is 15.3 Å². The van der Waals surface area contributed by atoms with E-state index >= 15 is 0 Å². The molecule has 3 aromatic rings. The van der Waals surface area contributed by atoms with E-state index in [0.29, 0.717) is 12.3 Å². The number of benzene rings is 1. The summed E-state index contributed by atoms with van der Waals surface area (Å²) in [7, 11) is 0. The molecule has 0 unspecified atom stereocenters. The largest absolute Gasteiger partial charge is 0.326 e.